The summed E-state index contributed by atoms with van der Waals surface area (Å²) in [6.45, 7) is 2.84. The molecule has 11 heteroatoms. The normalized spacial score (nSPS) is 19.3. The SMILES string of the molecule is CNC1CCN(C(=O)[C@@H](Cc2ccc3[nH]ncc3c2)OC(=O)N2CCC(N3CCc4ccccc4NC3=O)CC2)CC1. The van der Waals surface area contributed by atoms with Crippen LogP contribution in [0.15, 0.2) is 48.7 Å². The third-order valence-corrected chi connectivity index (χ3v) is 8.96. The van der Waals surface area contributed by atoms with Crippen molar-refractivity contribution in [3.63, 3.8) is 0 Å². The van der Waals surface area contributed by atoms with E-state index < -0.39 is 12.2 Å². The third-order valence-electron chi connectivity index (χ3n) is 8.96. The number of aromatic nitrogens is 2. The number of hydrogen-bond acceptors (Lipinski definition) is 6. The first-order chi connectivity index (χ1) is 20.5. The first-order valence-corrected chi connectivity index (χ1v) is 15.0. The number of hydrogen-bond donors (Lipinski definition) is 3. The summed E-state index contributed by atoms with van der Waals surface area (Å²) in [5.41, 5.74) is 3.82. The lowest BCUT2D eigenvalue weighted by Gasteiger charge is -2.38. The lowest BCUT2D eigenvalue weighted by Crippen LogP contribution is -2.52. The van der Waals surface area contributed by atoms with Crippen molar-refractivity contribution < 1.29 is 19.1 Å². The van der Waals surface area contributed by atoms with Crippen molar-refractivity contribution in [2.24, 2.45) is 0 Å². The van der Waals surface area contributed by atoms with E-state index in [-0.39, 0.29) is 18.0 Å². The van der Waals surface area contributed by atoms with Gasteiger partial charge < -0.3 is 30.1 Å². The Morgan fingerprint density at radius 3 is 2.57 bits per heavy atom. The molecular formula is C31H39N7O4. The number of urea groups is 1. The molecule has 42 heavy (non-hydrogen) atoms. The number of piperidine rings is 2. The Hall–Kier alpha value is -4.12. The van der Waals surface area contributed by atoms with Crippen LogP contribution in [0.1, 0.15) is 36.8 Å². The molecule has 2 fully saturated rings. The van der Waals surface area contributed by atoms with Crippen molar-refractivity contribution in [3.8, 4) is 0 Å². The van der Waals surface area contributed by atoms with E-state index in [0.29, 0.717) is 58.0 Å². The van der Waals surface area contributed by atoms with E-state index in [9.17, 15) is 14.4 Å². The maximum atomic E-state index is 13.7. The van der Waals surface area contributed by atoms with E-state index in [1.54, 1.807) is 11.1 Å². The van der Waals surface area contributed by atoms with Crippen LogP contribution in [0.2, 0.25) is 0 Å². The second-order valence-electron chi connectivity index (χ2n) is 11.5. The number of fused-ring (bicyclic) bond motifs is 2. The van der Waals surface area contributed by atoms with Crippen molar-refractivity contribution in [3.05, 3.63) is 59.8 Å². The van der Waals surface area contributed by atoms with Crippen LogP contribution in [-0.4, -0.2) is 101 Å². The average molecular weight is 574 g/mol. The number of ether oxygens (including phenoxy) is 1. The predicted octanol–water partition coefficient (Wildman–Crippen LogP) is 3.38. The molecule has 222 valence electrons. The number of nitrogens with one attached hydrogen (secondary N) is 3. The van der Waals surface area contributed by atoms with Crippen LogP contribution in [0.25, 0.3) is 10.9 Å². The molecule has 0 unspecified atom stereocenters. The zero-order valence-electron chi connectivity index (χ0n) is 24.1. The molecule has 3 aliphatic rings. The zero-order valence-corrected chi connectivity index (χ0v) is 24.1. The van der Waals surface area contributed by atoms with Gasteiger partial charge in [0.25, 0.3) is 5.91 Å². The van der Waals surface area contributed by atoms with Crippen LogP contribution < -0.4 is 10.6 Å². The summed E-state index contributed by atoms with van der Waals surface area (Å²) in [5.74, 6) is -0.152. The molecule has 3 N–H and O–H groups in total. The van der Waals surface area contributed by atoms with Gasteiger partial charge in [-0.05, 0) is 68.5 Å². The molecule has 2 saturated heterocycles. The summed E-state index contributed by atoms with van der Waals surface area (Å²) in [6, 6.07) is 14.1. The van der Waals surface area contributed by atoms with E-state index in [4.69, 9.17) is 4.74 Å². The molecule has 3 aliphatic heterocycles. The zero-order chi connectivity index (χ0) is 29.1. The predicted molar refractivity (Wildman–Crippen MR) is 159 cm³/mol. The van der Waals surface area contributed by atoms with Crippen molar-refractivity contribution in [1.82, 2.24) is 30.2 Å². The van der Waals surface area contributed by atoms with Crippen molar-refractivity contribution >= 4 is 34.6 Å². The van der Waals surface area contributed by atoms with Crippen LogP contribution in [-0.2, 0) is 22.4 Å². The number of nitrogens with zero attached hydrogens (tertiary/aromatic N) is 4. The minimum absolute atomic E-state index is 0.0379. The molecule has 4 amide bonds. The van der Waals surface area contributed by atoms with Gasteiger partial charge in [-0.2, -0.15) is 5.10 Å². The Morgan fingerprint density at radius 2 is 1.79 bits per heavy atom. The first kappa shape index (κ1) is 28.0. The Morgan fingerprint density at radius 1 is 1.02 bits per heavy atom. The summed E-state index contributed by atoms with van der Waals surface area (Å²) >= 11 is 0. The van der Waals surface area contributed by atoms with Gasteiger partial charge in [-0.15, -0.1) is 0 Å². The lowest BCUT2D eigenvalue weighted by molar-refractivity contribution is -0.142. The van der Waals surface area contributed by atoms with E-state index in [1.807, 2.05) is 59.3 Å². The molecule has 0 radical (unpaired) electrons. The van der Waals surface area contributed by atoms with Gasteiger partial charge in [-0.1, -0.05) is 24.3 Å². The Kier molecular flexibility index (Phi) is 8.27. The molecule has 3 aromatic rings. The largest absolute Gasteiger partial charge is 0.436 e. The van der Waals surface area contributed by atoms with Gasteiger partial charge >= 0.3 is 12.1 Å². The maximum Gasteiger partial charge on any atom is 0.410 e. The van der Waals surface area contributed by atoms with Crippen LogP contribution in [0.3, 0.4) is 0 Å². The average Bonchev–Trinajstić information content (AvgIpc) is 3.42. The minimum atomic E-state index is -0.916. The molecule has 0 aliphatic carbocycles. The summed E-state index contributed by atoms with van der Waals surface area (Å²) in [4.78, 5) is 45.5. The van der Waals surface area contributed by atoms with Crippen LogP contribution >= 0.6 is 0 Å². The number of para-hydroxylation sites is 1. The van der Waals surface area contributed by atoms with Crippen LogP contribution in [0.5, 0.6) is 0 Å². The molecule has 6 rings (SSSR count). The molecule has 4 heterocycles. The number of carbonyl (C=O) groups excluding carboxylic acids is 3. The van der Waals surface area contributed by atoms with Crippen molar-refractivity contribution in [2.45, 2.75) is 56.7 Å². The number of anilines is 1. The first-order valence-electron chi connectivity index (χ1n) is 15.0. The van der Waals surface area contributed by atoms with Crippen LogP contribution in [0.4, 0.5) is 15.3 Å². The van der Waals surface area contributed by atoms with Gasteiger partial charge in [0.1, 0.15) is 0 Å². The van der Waals surface area contributed by atoms with Crippen molar-refractivity contribution in [1.29, 1.82) is 0 Å². The fourth-order valence-corrected chi connectivity index (χ4v) is 6.40. The lowest BCUT2D eigenvalue weighted by atomic mass is 10.0. The molecule has 2 aromatic carbocycles. The van der Waals surface area contributed by atoms with Gasteiger partial charge in [-0.25, -0.2) is 9.59 Å². The smallest absolute Gasteiger partial charge is 0.410 e. The summed E-state index contributed by atoms with van der Waals surface area (Å²) in [7, 11) is 1.94. The highest BCUT2D eigenvalue weighted by molar-refractivity contribution is 5.91. The Bertz CT molecular complexity index is 1430. The number of carbonyl (C=O) groups is 3. The van der Waals surface area contributed by atoms with Gasteiger partial charge in [0.2, 0.25) is 0 Å². The fraction of sp³-hybridized carbons (Fsp3) is 0.484. The topological polar surface area (TPSA) is 123 Å². The van der Waals surface area contributed by atoms with E-state index in [2.05, 4.69) is 20.8 Å². The van der Waals surface area contributed by atoms with Gasteiger partial charge in [0.05, 0.1) is 11.7 Å². The highest BCUT2D eigenvalue weighted by atomic mass is 16.6. The number of rotatable bonds is 6. The number of likely N-dealkylation sites (tertiary alicyclic amines) is 2. The molecule has 1 atom stereocenters. The highest BCUT2D eigenvalue weighted by Gasteiger charge is 2.35. The summed E-state index contributed by atoms with van der Waals surface area (Å²) in [5, 5.41) is 14.3. The minimum Gasteiger partial charge on any atom is -0.436 e. The monoisotopic (exact) mass is 573 g/mol. The molecular weight excluding hydrogens is 534 g/mol. The number of aromatic amines is 1. The van der Waals surface area contributed by atoms with Gasteiger partial charge in [-0.3, -0.25) is 9.89 Å². The second kappa shape index (κ2) is 12.4. The third kappa shape index (κ3) is 6.06. The number of benzene rings is 2. The van der Waals surface area contributed by atoms with Gasteiger partial charge in [0.15, 0.2) is 6.10 Å². The standard InChI is InChI=1S/C31H39N7O4/c1-32-24-9-13-36(14-10-24)29(39)28(19-21-6-7-27-23(18-21)20-33-35-27)42-31(41)37-15-11-25(12-16-37)38-17-8-22-4-2-3-5-26(22)34-30(38)40/h2-7,18,20,24-25,28,32H,8-17,19H2,1H3,(H,33,35)(H,34,40)/t28-/m1/s1. The summed E-state index contributed by atoms with van der Waals surface area (Å²) in [6.07, 6.45) is 4.49. The Labute approximate surface area is 245 Å². The van der Waals surface area contributed by atoms with E-state index >= 15 is 0 Å². The second-order valence-corrected chi connectivity index (χ2v) is 11.5. The molecule has 0 bridgehead atoms. The molecule has 0 saturated carbocycles. The highest BCUT2D eigenvalue weighted by Crippen LogP contribution is 2.25. The van der Waals surface area contributed by atoms with E-state index in [0.717, 1.165) is 47.0 Å². The fourth-order valence-electron chi connectivity index (χ4n) is 6.40. The number of H-pyrrole nitrogens is 1. The molecule has 1 aromatic heterocycles. The van der Waals surface area contributed by atoms with Gasteiger partial charge in [0, 0.05) is 62.3 Å². The van der Waals surface area contributed by atoms with E-state index in [1.165, 1.54) is 0 Å². The molecule has 0 spiro atoms. The molecule has 11 nitrogen and oxygen atoms in total. The van der Waals surface area contributed by atoms with Crippen LogP contribution in [0, 0.1) is 0 Å². The Balaban J connectivity index is 1.10. The van der Waals surface area contributed by atoms with Crippen molar-refractivity contribution in [2.75, 3.05) is 45.1 Å². The number of amides is 4. The maximum absolute atomic E-state index is 13.7. The quantitative estimate of drug-likeness (QED) is 0.416. The summed E-state index contributed by atoms with van der Waals surface area (Å²) < 4.78 is 5.98.